The molecule has 4 heteroatoms. The lowest BCUT2D eigenvalue weighted by Gasteiger charge is -2.13. The molecule has 1 unspecified atom stereocenters. The van der Waals surface area contributed by atoms with Crippen molar-refractivity contribution in [2.24, 2.45) is 7.05 Å². The number of hydrogen-bond donors (Lipinski definition) is 1. The van der Waals surface area contributed by atoms with Gasteiger partial charge in [-0.15, -0.1) is 0 Å². The van der Waals surface area contributed by atoms with Crippen LogP contribution in [0, 0.1) is 6.92 Å². The van der Waals surface area contributed by atoms with Gasteiger partial charge in [-0.25, -0.2) is 0 Å². The van der Waals surface area contributed by atoms with Crippen LogP contribution in [-0.2, 0) is 7.05 Å². The molecule has 0 fully saturated rings. The Hall–Kier alpha value is -2.10. The van der Waals surface area contributed by atoms with Crippen molar-refractivity contribution in [1.29, 1.82) is 0 Å². The van der Waals surface area contributed by atoms with Gasteiger partial charge in [0.25, 0.3) is 5.91 Å². The van der Waals surface area contributed by atoms with Gasteiger partial charge in [0.15, 0.2) is 0 Å². The second-order valence-electron chi connectivity index (χ2n) is 4.37. The van der Waals surface area contributed by atoms with Gasteiger partial charge in [-0.2, -0.15) is 0 Å². The molecule has 2 heterocycles. The molecular weight excluding hydrogens is 226 g/mol. The number of amides is 1. The molecule has 4 nitrogen and oxygen atoms in total. The molecular formula is C14H17N3O. The Morgan fingerprint density at radius 1 is 1.33 bits per heavy atom. The SMILES string of the molecule is Cc1ccc(C(=O)NC(C)c2ccccn2)n1C. The Balaban J connectivity index is 2.11. The molecule has 2 aromatic heterocycles. The molecule has 0 aliphatic carbocycles. The summed E-state index contributed by atoms with van der Waals surface area (Å²) < 4.78 is 1.88. The fourth-order valence-electron chi connectivity index (χ4n) is 1.82. The lowest BCUT2D eigenvalue weighted by atomic mass is 10.2. The maximum Gasteiger partial charge on any atom is 0.268 e. The number of aromatic nitrogens is 2. The van der Waals surface area contributed by atoms with E-state index in [1.165, 1.54) is 0 Å². The van der Waals surface area contributed by atoms with Crippen LogP contribution in [0.2, 0.25) is 0 Å². The summed E-state index contributed by atoms with van der Waals surface area (Å²) in [4.78, 5) is 16.3. The smallest absolute Gasteiger partial charge is 0.268 e. The molecule has 0 radical (unpaired) electrons. The van der Waals surface area contributed by atoms with Crippen LogP contribution in [0.15, 0.2) is 36.5 Å². The highest BCUT2D eigenvalue weighted by Gasteiger charge is 2.14. The summed E-state index contributed by atoms with van der Waals surface area (Å²) in [5, 5.41) is 2.94. The van der Waals surface area contributed by atoms with Crippen molar-refractivity contribution >= 4 is 5.91 Å². The molecule has 1 amide bonds. The number of nitrogens with zero attached hydrogens (tertiary/aromatic N) is 2. The summed E-state index contributed by atoms with van der Waals surface area (Å²) in [5.41, 5.74) is 2.58. The zero-order chi connectivity index (χ0) is 13.1. The highest BCUT2D eigenvalue weighted by molar-refractivity contribution is 5.93. The Kier molecular flexibility index (Phi) is 3.46. The van der Waals surface area contributed by atoms with Crippen molar-refractivity contribution in [2.45, 2.75) is 19.9 Å². The van der Waals surface area contributed by atoms with Crippen molar-refractivity contribution in [3.8, 4) is 0 Å². The maximum atomic E-state index is 12.1. The number of carbonyl (C=O) groups is 1. The Morgan fingerprint density at radius 3 is 2.67 bits per heavy atom. The van der Waals surface area contributed by atoms with Crippen LogP contribution in [0.5, 0.6) is 0 Å². The van der Waals surface area contributed by atoms with Crippen LogP contribution >= 0.6 is 0 Å². The van der Waals surface area contributed by atoms with E-state index in [2.05, 4.69) is 10.3 Å². The molecule has 0 saturated carbocycles. The molecule has 0 aliphatic rings. The van der Waals surface area contributed by atoms with Crippen LogP contribution in [-0.4, -0.2) is 15.5 Å². The van der Waals surface area contributed by atoms with Gasteiger partial charge in [-0.1, -0.05) is 6.07 Å². The van der Waals surface area contributed by atoms with E-state index in [1.54, 1.807) is 6.20 Å². The molecule has 0 saturated heterocycles. The van der Waals surface area contributed by atoms with Crippen LogP contribution < -0.4 is 5.32 Å². The number of pyridine rings is 1. The monoisotopic (exact) mass is 243 g/mol. The standard InChI is InChI=1S/C14H17N3O/c1-10-7-8-13(17(10)3)14(18)16-11(2)12-6-4-5-9-15-12/h4-9,11H,1-3H3,(H,16,18). The van der Waals surface area contributed by atoms with Crippen LogP contribution in [0.25, 0.3) is 0 Å². The summed E-state index contributed by atoms with van der Waals surface area (Å²) in [5.74, 6) is -0.0799. The molecule has 94 valence electrons. The van der Waals surface area contributed by atoms with Crippen molar-refractivity contribution in [3.63, 3.8) is 0 Å². The first-order valence-corrected chi connectivity index (χ1v) is 5.93. The van der Waals surface area contributed by atoms with Gasteiger partial charge in [-0.05, 0) is 38.1 Å². The zero-order valence-electron chi connectivity index (χ0n) is 10.8. The zero-order valence-corrected chi connectivity index (χ0v) is 10.8. The fourth-order valence-corrected chi connectivity index (χ4v) is 1.82. The molecule has 0 aromatic carbocycles. The summed E-state index contributed by atoms with van der Waals surface area (Å²) in [6.45, 7) is 3.90. The maximum absolute atomic E-state index is 12.1. The van der Waals surface area contributed by atoms with Crippen molar-refractivity contribution in [2.75, 3.05) is 0 Å². The van der Waals surface area contributed by atoms with E-state index in [4.69, 9.17) is 0 Å². The first-order valence-electron chi connectivity index (χ1n) is 5.93. The Labute approximate surface area is 107 Å². The Bertz CT molecular complexity index is 545. The minimum absolute atomic E-state index is 0.0799. The van der Waals surface area contributed by atoms with E-state index in [0.29, 0.717) is 5.69 Å². The van der Waals surface area contributed by atoms with Crippen molar-refractivity contribution < 1.29 is 4.79 Å². The van der Waals surface area contributed by atoms with E-state index < -0.39 is 0 Å². The van der Waals surface area contributed by atoms with Gasteiger partial charge in [0.1, 0.15) is 5.69 Å². The molecule has 18 heavy (non-hydrogen) atoms. The van der Waals surface area contributed by atoms with Crippen LogP contribution in [0.3, 0.4) is 0 Å². The van der Waals surface area contributed by atoms with Gasteiger partial charge in [-0.3, -0.25) is 9.78 Å². The third kappa shape index (κ3) is 2.42. The first-order chi connectivity index (χ1) is 8.59. The third-order valence-corrected chi connectivity index (χ3v) is 3.08. The highest BCUT2D eigenvalue weighted by Crippen LogP contribution is 2.11. The van der Waals surface area contributed by atoms with Gasteiger partial charge in [0.05, 0.1) is 11.7 Å². The van der Waals surface area contributed by atoms with Gasteiger partial charge in [0.2, 0.25) is 0 Å². The van der Waals surface area contributed by atoms with Crippen LogP contribution in [0.4, 0.5) is 0 Å². The van der Waals surface area contributed by atoms with E-state index in [1.807, 2.05) is 55.8 Å². The summed E-state index contributed by atoms with van der Waals surface area (Å²) in [6.07, 6.45) is 1.73. The van der Waals surface area contributed by atoms with E-state index in [9.17, 15) is 4.79 Å². The summed E-state index contributed by atoms with van der Waals surface area (Å²) in [6, 6.07) is 9.34. The lowest BCUT2D eigenvalue weighted by Crippen LogP contribution is -2.28. The molecule has 1 atom stereocenters. The number of aryl methyl sites for hydroxylation is 1. The number of hydrogen-bond acceptors (Lipinski definition) is 2. The topological polar surface area (TPSA) is 46.9 Å². The minimum Gasteiger partial charge on any atom is -0.344 e. The second kappa shape index (κ2) is 5.04. The van der Waals surface area contributed by atoms with Gasteiger partial charge in [0, 0.05) is 18.9 Å². The van der Waals surface area contributed by atoms with E-state index in [0.717, 1.165) is 11.4 Å². The van der Waals surface area contributed by atoms with Gasteiger partial charge < -0.3 is 9.88 Å². The number of nitrogens with one attached hydrogen (secondary N) is 1. The van der Waals surface area contributed by atoms with E-state index in [-0.39, 0.29) is 11.9 Å². The molecule has 1 N–H and O–H groups in total. The quantitative estimate of drug-likeness (QED) is 0.898. The average Bonchev–Trinajstić information content (AvgIpc) is 2.71. The normalized spacial score (nSPS) is 12.2. The van der Waals surface area contributed by atoms with Crippen molar-refractivity contribution in [3.05, 3.63) is 53.6 Å². The molecule has 0 spiro atoms. The molecule has 0 aliphatic heterocycles. The van der Waals surface area contributed by atoms with Gasteiger partial charge >= 0.3 is 0 Å². The molecule has 2 aromatic rings. The summed E-state index contributed by atoms with van der Waals surface area (Å²) in [7, 11) is 1.88. The molecule has 0 bridgehead atoms. The summed E-state index contributed by atoms with van der Waals surface area (Å²) >= 11 is 0. The third-order valence-electron chi connectivity index (χ3n) is 3.08. The number of rotatable bonds is 3. The van der Waals surface area contributed by atoms with E-state index >= 15 is 0 Å². The molecule has 2 rings (SSSR count). The van der Waals surface area contributed by atoms with Crippen molar-refractivity contribution in [1.82, 2.24) is 14.9 Å². The van der Waals surface area contributed by atoms with Crippen LogP contribution in [0.1, 0.15) is 34.8 Å². The average molecular weight is 243 g/mol. The second-order valence-corrected chi connectivity index (χ2v) is 4.37. The fraction of sp³-hybridized carbons (Fsp3) is 0.286. The lowest BCUT2D eigenvalue weighted by molar-refractivity contribution is 0.0930. The predicted molar refractivity (Wildman–Crippen MR) is 70.3 cm³/mol. The largest absolute Gasteiger partial charge is 0.344 e. The minimum atomic E-state index is -0.103. The first kappa shape index (κ1) is 12.4. The predicted octanol–water partition coefficient (Wildman–Crippen LogP) is 2.22. The highest BCUT2D eigenvalue weighted by atomic mass is 16.2. The Morgan fingerprint density at radius 2 is 2.11 bits per heavy atom. The number of carbonyl (C=O) groups excluding carboxylic acids is 1.